The highest BCUT2D eigenvalue weighted by Gasteiger charge is 2.59. The first-order valence-corrected chi connectivity index (χ1v) is 7.04. The Morgan fingerprint density at radius 2 is 2.30 bits per heavy atom. The second-order valence-corrected chi connectivity index (χ2v) is 5.40. The molecule has 2 aromatic heterocycles. The standard InChI is InChI=1S/C13H13ClFN5O3/c1-6(21)8-9(22)13(15,2-3-14)11(23-8)20-5-18-7-4-17-12(16)19-10(7)20/h4-6,8-9,11,21-22H,1H3,(H2,16,17,19)/t6-,8+,9-,11+,13?/m0/s1. The molecule has 3 heterocycles. The highest BCUT2D eigenvalue weighted by atomic mass is 35.5. The summed E-state index contributed by atoms with van der Waals surface area (Å²) in [6.07, 6.45) is -2.81. The van der Waals surface area contributed by atoms with Crippen LogP contribution in [0.5, 0.6) is 0 Å². The Balaban J connectivity index is 2.14. The van der Waals surface area contributed by atoms with Crippen molar-refractivity contribution >= 4 is 28.7 Å². The van der Waals surface area contributed by atoms with Crippen LogP contribution < -0.4 is 5.73 Å². The van der Waals surface area contributed by atoms with Crippen molar-refractivity contribution in [3.63, 3.8) is 0 Å². The largest absolute Gasteiger partial charge is 0.391 e. The van der Waals surface area contributed by atoms with Crippen LogP contribution >= 0.6 is 11.6 Å². The molecule has 8 nitrogen and oxygen atoms in total. The predicted molar refractivity (Wildman–Crippen MR) is 78.8 cm³/mol. The average Bonchev–Trinajstić information content (AvgIpc) is 3.00. The monoisotopic (exact) mass is 341 g/mol. The van der Waals surface area contributed by atoms with Crippen molar-refractivity contribution in [1.82, 2.24) is 19.5 Å². The van der Waals surface area contributed by atoms with Crippen LogP contribution in [0.4, 0.5) is 10.3 Å². The van der Waals surface area contributed by atoms with Gasteiger partial charge in [-0.25, -0.2) is 14.4 Å². The Hall–Kier alpha value is -1.99. The molecule has 0 radical (unpaired) electrons. The van der Waals surface area contributed by atoms with E-state index in [1.807, 2.05) is 5.38 Å². The van der Waals surface area contributed by atoms with E-state index in [0.29, 0.717) is 5.52 Å². The topological polar surface area (TPSA) is 119 Å². The number of hydrogen-bond acceptors (Lipinski definition) is 7. The van der Waals surface area contributed by atoms with Gasteiger partial charge >= 0.3 is 0 Å². The van der Waals surface area contributed by atoms with Gasteiger partial charge in [0, 0.05) is 5.38 Å². The predicted octanol–water partition coefficient (Wildman–Crippen LogP) is -0.0444. The summed E-state index contributed by atoms with van der Waals surface area (Å²) >= 11 is 5.33. The molecule has 0 spiro atoms. The lowest BCUT2D eigenvalue weighted by atomic mass is 9.95. The maximum atomic E-state index is 15.3. The number of halogens is 2. The van der Waals surface area contributed by atoms with Gasteiger partial charge in [0.25, 0.3) is 0 Å². The maximum absolute atomic E-state index is 15.3. The summed E-state index contributed by atoms with van der Waals surface area (Å²) in [5.74, 6) is 2.08. The van der Waals surface area contributed by atoms with Gasteiger partial charge in [0.2, 0.25) is 11.6 Å². The quantitative estimate of drug-likeness (QED) is 0.655. The zero-order chi connectivity index (χ0) is 16.8. The Morgan fingerprint density at radius 3 is 2.96 bits per heavy atom. The van der Waals surface area contributed by atoms with Crippen LogP contribution in [0.3, 0.4) is 0 Å². The summed E-state index contributed by atoms with van der Waals surface area (Å²) in [4.78, 5) is 11.8. The van der Waals surface area contributed by atoms with Gasteiger partial charge in [-0.2, -0.15) is 4.98 Å². The zero-order valence-corrected chi connectivity index (χ0v) is 12.6. The number of aliphatic hydroxyl groups excluding tert-OH is 2. The lowest BCUT2D eigenvalue weighted by Crippen LogP contribution is -2.44. The summed E-state index contributed by atoms with van der Waals surface area (Å²) in [5.41, 5.74) is 3.55. The molecule has 5 atom stereocenters. The number of aliphatic hydroxyl groups is 2. The summed E-state index contributed by atoms with van der Waals surface area (Å²) in [5, 5.41) is 21.8. The second-order valence-electron chi connectivity index (χ2n) is 5.21. The molecule has 0 amide bonds. The van der Waals surface area contributed by atoms with Gasteiger partial charge in [0.15, 0.2) is 11.9 Å². The Labute approximate surface area is 135 Å². The van der Waals surface area contributed by atoms with Crippen LogP contribution in [0.1, 0.15) is 13.2 Å². The van der Waals surface area contributed by atoms with Crippen molar-refractivity contribution in [2.24, 2.45) is 0 Å². The lowest BCUT2D eigenvalue weighted by molar-refractivity contribution is -0.0776. The smallest absolute Gasteiger partial charge is 0.244 e. The van der Waals surface area contributed by atoms with E-state index < -0.39 is 30.2 Å². The highest BCUT2D eigenvalue weighted by molar-refractivity contribution is 6.30. The first-order valence-electron chi connectivity index (χ1n) is 6.67. The van der Waals surface area contributed by atoms with Crippen molar-refractivity contribution in [2.75, 3.05) is 5.73 Å². The molecule has 122 valence electrons. The molecule has 0 aromatic carbocycles. The van der Waals surface area contributed by atoms with Crippen LogP contribution in [0.2, 0.25) is 0 Å². The Morgan fingerprint density at radius 1 is 1.57 bits per heavy atom. The fraction of sp³-hybridized carbons (Fsp3) is 0.462. The van der Waals surface area contributed by atoms with E-state index in [1.165, 1.54) is 24.0 Å². The number of nitrogens with two attached hydrogens (primary N) is 1. The fourth-order valence-corrected chi connectivity index (χ4v) is 2.72. The molecule has 0 saturated carbocycles. The van der Waals surface area contributed by atoms with Crippen molar-refractivity contribution in [3.05, 3.63) is 12.5 Å². The molecule has 4 N–H and O–H groups in total. The highest BCUT2D eigenvalue weighted by Crippen LogP contribution is 2.43. The number of alkyl halides is 1. The Kier molecular flexibility index (Phi) is 3.85. The number of imidazole rings is 1. The maximum Gasteiger partial charge on any atom is 0.244 e. The van der Waals surface area contributed by atoms with Gasteiger partial charge in [-0.05, 0) is 24.4 Å². The van der Waals surface area contributed by atoms with Crippen LogP contribution in [0.25, 0.3) is 11.2 Å². The third-order valence-corrected chi connectivity index (χ3v) is 3.78. The van der Waals surface area contributed by atoms with Crippen molar-refractivity contribution in [3.8, 4) is 11.3 Å². The van der Waals surface area contributed by atoms with Gasteiger partial charge in [0.05, 0.1) is 18.6 Å². The lowest BCUT2D eigenvalue weighted by Gasteiger charge is -2.23. The van der Waals surface area contributed by atoms with E-state index in [4.69, 9.17) is 22.1 Å². The molecule has 1 fully saturated rings. The molecule has 0 bridgehead atoms. The fourth-order valence-electron chi connectivity index (χ4n) is 2.57. The van der Waals surface area contributed by atoms with E-state index in [9.17, 15) is 10.2 Å². The number of nitrogens with zero attached hydrogens (tertiary/aromatic N) is 4. The van der Waals surface area contributed by atoms with Crippen LogP contribution in [-0.2, 0) is 4.74 Å². The minimum atomic E-state index is -2.56. The van der Waals surface area contributed by atoms with E-state index in [1.54, 1.807) is 0 Å². The molecular weight excluding hydrogens is 329 g/mol. The van der Waals surface area contributed by atoms with Gasteiger partial charge in [-0.1, -0.05) is 0 Å². The number of nitrogen functional groups attached to an aromatic ring is 1. The average molecular weight is 342 g/mol. The molecule has 10 heteroatoms. The van der Waals surface area contributed by atoms with E-state index in [-0.39, 0.29) is 11.6 Å². The number of ether oxygens (including phenoxy) is 1. The van der Waals surface area contributed by atoms with Crippen LogP contribution in [-0.4, -0.2) is 53.7 Å². The molecule has 1 saturated heterocycles. The first-order chi connectivity index (χ1) is 10.9. The Bertz CT molecular complexity index is 804. The van der Waals surface area contributed by atoms with Gasteiger partial charge < -0.3 is 20.7 Å². The normalized spacial score (nSPS) is 31.8. The number of aromatic nitrogens is 4. The summed E-state index contributed by atoms with van der Waals surface area (Å²) < 4.78 is 22.0. The minimum absolute atomic E-state index is 0.0299. The van der Waals surface area contributed by atoms with Gasteiger partial charge in [0.1, 0.15) is 17.7 Å². The SMILES string of the molecule is C[C@H](O)[C@H]1O[C@@H](n2cnc3cnc(N)nc32)C(F)(C#CCl)[C@H]1O. The number of anilines is 1. The molecule has 3 rings (SSSR count). The van der Waals surface area contributed by atoms with Crippen molar-refractivity contribution in [1.29, 1.82) is 0 Å². The van der Waals surface area contributed by atoms with Crippen molar-refractivity contribution in [2.45, 2.75) is 37.1 Å². The molecule has 2 aromatic rings. The number of fused-ring (bicyclic) bond motifs is 1. The van der Waals surface area contributed by atoms with E-state index in [2.05, 4.69) is 20.9 Å². The van der Waals surface area contributed by atoms with Gasteiger partial charge in [-0.15, -0.1) is 0 Å². The summed E-state index contributed by atoms with van der Waals surface area (Å²) in [7, 11) is 0. The number of hydrogen-bond donors (Lipinski definition) is 3. The minimum Gasteiger partial charge on any atom is -0.391 e. The number of rotatable bonds is 2. The molecule has 1 unspecified atom stereocenters. The molecular formula is C13H13ClFN5O3. The molecule has 1 aliphatic heterocycles. The summed E-state index contributed by atoms with van der Waals surface area (Å²) in [6, 6.07) is 0. The van der Waals surface area contributed by atoms with E-state index >= 15 is 4.39 Å². The zero-order valence-electron chi connectivity index (χ0n) is 11.9. The summed E-state index contributed by atoms with van der Waals surface area (Å²) in [6.45, 7) is 1.37. The van der Waals surface area contributed by atoms with Crippen molar-refractivity contribution < 1.29 is 19.3 Å². The van der Waals surface area contributed by atoms with Crippen LogP contribution in [0.15, 0.2) is 12.5 Å². The third-order valence-electron chi connectivity index (χ3n) is 3.69. The molecule has 0 aliphatic carbocycles. The first kappa shape index (κ1) is 15.9. The third kappa shape index (κ3) is 2.40. The van der Waals surface area contributed by atoms with Crippen LogP contribution in [0, 0.1) is 11.3 Å². The second kappa shape index (κ2) is 5.58. The molecule has 1 aliphatic rings. The van der Waals surface area contributed by atoms with E-state index in [0.717, 1.165) is 0 Å². The molecule has 23 heavy (non-hydrogen) atoms. The van der Waals surface area contributed by atoms with Gasteiger partial charge in [-0.3, -0.25) is 4.57 Å².